The molecule has 0 fully saturated rings. The Hall–Kier alpha value is -1.66. The second-order valence-corrected chi connectivity index (χ2v) is 5.30. The number of rotatable bonds is 3. The van der Waals surface area contributed by atoms with Gasteiger partial charge in [0.25, 0.3) is 0 Å². The minimum atomic E-state index is -0.243. The molecule has 1 aromatic carbocycles. The molecular formula is C14H16FN3OS. The molecule has 0 bridgehead atoms. The molecule has 3 N–H and O–H groups in total. The van der Waals surface area contributed by atoms with Gasteiger partial charge in [-0.3, -0.25) is 0 Å². The first kappa shape index (κ1) is 13.3. The van der Waals surface area contributed by atoms with Crippen LogP contribution >= 0.6 is 12.2 Å². The van der Waals surface area contributed by atoms with Crippen LogP contribution in [0, 0.1) is 10.6 Å². The molecule has 4 nitrogen and oxygen atoms in total. The lowest BCUT2D eigenvalue weighted by molar-refractivity contribution is 0.220. The van der Waals surface area contributed by atoms with E-state index in [2.05, 4.69) is 4.98 Å². The summed E-state index contributed by atoms with van der Waals surface area (Å²) >= 11 is 5.33. The lowest BCUT2D eigenvalue weighted by atomic mass is 10.0. The summed E-state index contributed by atoms with van der Waals surface area (Å²) < 4.78 is 21.8. The fraction of sp³-hybridized carbons (Fsp3) is 0.357. The van der Waals surface area contributed by atoms with E-state index in [1.165, 1.54) is 12.1 Å². The molecule has 1 atom stereocenters. The van der Waals surface area contributed by atoms with E-state index in [4.69, 9.17) is 22.7 Å². The molecule has 0 radical (unpaired) electrons. The van der Waals surface area contributed by atoms with Crippen LogP contribution in [-0.2, 0) is 12.8 Å². The summed E-state index contributed by atoms with van der Waals surface area (Å²) in [6.07, 6.45) is 3.34. The van der Waals surface area contributed by atoms with Crippen LogP contribution in [0.25, 0.3) is 0 Å². The fourth-order valence-corrected chi connectivity index (χ4v) is 2.99. The first-order valence-corrected chi connectivity index (χ1v) is 7.00. The van der Waals surface area contributed by atoms with Crippen molar-refractivity contribution in [3.05, 3.63) is 46.2 Å². The summed E-state index contributed by atoms with van der Waals surface area (Å²) in [6.45, 7) is 1.09. The van der Waals surface area contributed by atoms with Crippen molar-refractivity contribution in [1.29, 1.82) is 0 Å². The average molecular weight is 293 g/mol. The van der Waals surface area contributed by atoms with Crippen molar-refractivity contribution in [2.24, 2.45) is 5.73 Å². The van der Waals surface area contributed by atoms with E-state index in [0.717, 1.165) is 23.4 Å². The monoisotopic (exact) mass is 293 g/mol. The summed E-state index contributed by atoms with van der Waals surface area (Å²) in [4.78, 5) is 3.05. The van der Waals surface area contributed by atoms with Crippen molar-refractivity contribution < 1.29 is 9.13 Å². The molecule has 1 aromatic heterocycles. The van der Waals surface area contributed by atoms with Crippen LogP contribution < -0.4 is 10.5 Å². The number of nitrogens with zero attached hydrogens (tertiary/aromatic N) is 1. The highest BCUT2D eigenvalue weighted by atomic mass is 32.1. The zero-order valence-electron chi connectivity index (χ0n) is 10.9. The van der Waals surface area contributed by atoms with Gasteiger partial charge in [-0.15, -0.1) is 0 Å². The number of benzene rings is 1. The van der Waals surface area contributed by atoms with Crippen molar-refractivity contribution >= 4 is 12.2 Å². The van der Waals surface area contributed by atoms with Gasteiger partial charge in [0.1, 0.15) is 18.2 Å². The van der Waals surface area contributed by atoms with Crippen LogP contribution in [-0.4, -0.2) is 22.7 Å². The maximum Gasteiger partial charge on any atom is 0.177 e. The zero-order valence-corrected chi connectivity index (χ0v) is 11.8. The van der Waals surface area contributed by atoms with E-state index in [1.54, 1.807) is 6.07 Å². The number of aromatic nitrogens is 2. The second-order valence-electron chi connectivity index (χ2n) is 4.91. The molecule has 1 aliphatic heterocycles. The van der Waals surface area contributed by atoms with Gasteiger partial charge in [-0.2, -0.15) is 0 Å². The van der Waals surface area contributed by atoms with Gasteiger partial charge in [0.05, 0.1) is 6.04 Å². The number of hydrogen-bond acceptors (Lipinski definition) is 3. The standard InChI is InChI=1S/C14H16FN3OS/c15-10-1-2-13-9(5-10)6-12(8-19-13)18-11(3-4-16)7-17-14(18)20/h1-2,5,7,12H,3-4,6,8,16H2,(H,17,20)/t12-/m0/s1. The molecule has 0 spiro atoms. The normalized spacial score (nSPS) is 17.6. The number of aromatic amines is 1. The lowest BCUT2D eigenvalue weighted by Gasteiger charge is -2.27. The van der Waals surface area contributed by atoms with Crippen LogP contribution in [0.1, 0.15) is 17.3 Å². The summed E-state index contributed by atoms with van der Waals surface area (Å²) in [5, 5.41) is 0. The molecule has 106 valence electrons. The van der Waals surface area contributed by atoms with Crippen molar-refractivity contribution in [2.45, 2.75) is 18.9 Å². The molecule has 3 rings (SSSR count). The Morgan fingerprint density at radius 2 is 2.35 bits per heavy atom. The van der Waals surface area contributed by atoms with E-state index in [-0.39, 0.29) is 11.9 Å². The number of nitrogens with two attached hydrogens (primary N) is 1. The maximum absolute atomic E-state index is 13.3. The quantitative estimate of drug-likeness (QED) is 0.854. The van der Waals surface area contributed by atoms with E-state index in [9.17, 15) is 4.39 Å². The lowest BCUT2D eigenvalue weighted by Crippen LogP contribution is -2.26. The third kappa shape index (κ3) is 2.36. The summed E-state index contributed by atoms with van der Waals surface area (Å²) in [5.41, 5.74) is 7.56. The van der Waals surface area contributed by atoms with E-state index in [1.807, 2.05) is 10.8 Å². The van der Waals surface area contributed by atoms with Gasteiger partial charge < -0.3 is 20.0 Å². The Morgan fingerprint density at radius 3 is 3.15 bits per heavy atom. The van der Waals surface area contributed by atoms with E-state index < -0.39 is 0 Å². The number of hydrogen-bond donors (Lipinski definition) is 2. The van der Waals surface area contributed by atoms with Gasteiger partial charge in [-0.05, 0) is 42.5 Å². The highest BCUT2D eigenvalue weighted by Gasteiger charge is 2.23. The Morgan fingerprint density at radius 1 is 1.50 bits per heavy atom. The van der Waals surface area contributed by atoms with Gasteiger partial charge in [0.15, 0.2) is 4.77 Å². The molecule has 20 heavy (non-hydrogen) atoms. The molecule has 0 amide bonds. The minimum absolute atomic E-state index is 0.0737. The topological polar surface area (TPSA) is 56.0 Å². The Kier molecular flexibility index (Phi) is 3.58. The van der Waals surface area contributed by atoms with Gasteiger partial charge in [-0.25, -0.2) is 4.39 Å². The van der Waals surface area contributed by atoms with Gasteiger partial charge in [0.2, 0.25) is 0 Å². The molecule has 0 unspecified atom stereocenters. The second kappa shape index (κ2) is 5.38. The molecular weight excluding hydrogens is 277 g/mol. The van der Waals surface area contributed by atoms with E-state index >= 15 is 0 Å². The Labute approximate surface area is 121 Å². The molecule has 6 heteroatoms. The molecule has 0 aliphatic carbocycles. The van der Waals surface area contributed by atoms with Crippen LogP contribution in [0.2, 0.25) is 0 Å². The largest absolute Gasteiger partial charge is 0.491 e. The van der Waals surface area contributed by atoms with Crippen LogP contribution in [0.4, 0.5) is 4.39 Å². The van der Waals surface area contributed by atoms with Crippen LogP contribution in [0.5, 0.6) is 5.75 Å². The highest BCUT2D eigenvalue weighted by molar-refractivity contribution is 7.71. The number of imidazole rings is 1. The maximum atomic E-state index is 13.3. The summed E-state index contributed by atoms with van der Waals surface area (Å²) in [5.74, 6) is 0.512. The third-order valence-corrected chi connectivity index (χ3v) is 3.88. The number of H-pyrrole nitrogens is 1. The predicted molar refractivity (Wildman–Crippen MR) is 77.0 cm³/mol. The van der Waals surface area contributed by atoms with Crippen LogP contribution in [0.3, 0.4) is 0 Å². The van der Waals surface area contributed by atoms with Crippen molar-refractivity contribution in [3.8, 4) is 5.75 Å². The first-order chi connectivity index (χ1) is 9.69. The number of halogens is 1. The van der Waals surface area contributed by atoms with Crippen molar-refractivity contribution in [2.75, 3.05) is 13.2 Å². The summed E-state index contributed by atoms with van der Waals surface area (Å²) in [6, 6.07) is 4.70. The average Bonchev–Trinajstić information content (AvgIpc) is 2.79. The Bertz CT molecular complexity index is 679. The smallest absolute Gasteiger partial charge is 0.177 e. The number of fused-ring (bicyclic) bond motifs is 1. The predicted octanol–water partition coefficient (Wildman–Crippen LogP) is 2.36. The van der Waals surface area contributed by atoms with Crippen molar-refractivity contribution in [1.82, 2.24) is 9.55 Å². The first-order valence-electron chi connectivity index (χ1n) is 6.59. The highest BCUT2D eigenvalue weighted by Crippen LogP contribution is 2.31. The molecule has 1 aliphatic rings. The van der Waals surface area contributed by atoms with Gasteiger partial charge >= 0.3 is 0 Å². The van der Waals surface area contributed by atoms with Gasteiger partial charge in [0, 0.05) is 24.7 Å². The molecule has 0 saturated carbocycles. The molecule has 2 heterocycles. The van der Waals surface area contributed by atoms with Crippen molar-refractivity contribution in [3.63, 3.8) is 0 Å². The SMILES string of the molecule is NCCc1c[nH]c(=S)n1[C@@H]1COc2ccc(F)cc2C1. The van der Waals surface area contributed by atoms with Crippen LogP contribution in [0.15, 0.2) is 24.4 Å². The molecule has 0 saturated heterocycles. The van der Waals surface area contributed by atoms with E-state index in [0.29, 0.717) is 24.3 Å². The van der Waals surface area contributed by atoms with Gasteiger partial charge in [-0.1, -0.05) is 0 Å². The third-order valence-electron chi connectivity index (χ3n) is 3.57. The Balaban J connectivity index is 1.94. The molecule has 2 aromatic rings. The summed E-state index contributed by atoms with van der Waals surface area (Å²) in [7, 11) is 0. The zero-order chi connectivity index (χ0) is 14.1. The fourth-order valence-electron chi connectivity index (χ4n) is 2.67. The number of ether oxygens (including phenoxy) is 1. The number of nitrogens with one attached hydrogen (secondary N) is 1. The minimum Gasteiger partial charge on any atom is -0.491 e.